The van der Waals surface area contributed by atoms with Crippen LogP contribution in [0.2, 0.25) is 0 Å². The molecule has 2 unspecified atom stereocenters. The maximum atomic E-state index is 13.5. The highest BCUT2D eigenvalue weighted by Gasteiger charge is 2.21. The minimum absolute atomic E-state index is 0.226. The number of hydrogen-bond acceptors (Lipinski definition) is 4. The Kier molecular flexibility index (Phi) is 5.97. The van der Waals surface area contributed by atoms with Crippen molar-refractivity contribution in [3.05, 3.63) is 72.1 Å². The fourth-order valence-corrected chi connectivity index (χ4v) is 5.54. The van der Waals surface area contributed by atoms with E-state index in [-0.39, 0.29) is 15.7 Å². The van der Waals surface area contributed by atoms with Gasteiger partial charge in [-0.1, -0.05) is 52.0 Å². The topological polar surface area (TPSA) is 91.5 Å². The van der Waals surface area contributed by atoms with Crippen molar-refractivity contribution in [1.29, 1.82) is 0 Å². The van der Waals surface area contributed by atoms with Crippen molar-refractivity contribution in [3.63, 3.8) is 0 Å². The molecule has 2 N–H and O–H groups in total. The average Bonchev–Trinajstić information content (AvgIpc) is 3.51. The molecule has 2 aromatic heterocycles. The summed E-state index contributed by atoms with van der Waals surface area (Å²) in [5.74, 6) is 2.39. The third kappa shape index (κ3) is 4.25. The van der Waals surface area contributed by atoms with Crippen LogP contribution in [0.3, 0.4) is 0 Å². The van der Waals surface area contributed by atoms with E-state index in [1.54, 1.807) is 36.4 Å². The van der Waals surface area contributed by atoms with Crippen molar-refractivity contribution in [2.75, 3.05) is 0 Å². The van der Waals surface area contributed by atoms with E-state index < -0.39 is 9.84 Å². The molecule has 35 heavy (non-hydrogen) atoms. The number of hydrogen-bond donors (Lipinski definition) is 2. The van der Waals surface area contributed by atoms with Crippen LogP contribution < -0.4 is 0 Å². The first kappa shape index (κ1) is 23.3. The average molecular weight is 487 g/mol. The number of aromatic nitrogens is 4. The lowest BCUT2D eigenvalue weighted by molar-refractivity contribution is 0.596. The summed E-state index contributed by atoms with van der Waals surface area (Å²) in [4.78, 5) is 16.4. The summed E-state index contributed by atoms with van der Waals surface area (Å²) in [6, 6.07) is 18.5. The number of imidazole rings is 2. The van der Waals surface area contributed by atoms with Crippen molar-refractivity contribution in [2.45, 2.75) is 62.2 Å². The molecular formula is C28H30N4O2S. The van der Waals surface area contributed by atoms with Crippen LogP contribution in [0.4, 0.5) is 0 Å². The molecule has 2 atom stereocenters. The zero-order valence-corrected chi connectivity index (χ0v) is 21.3. The molecule has 2 heterocycles. The second-order valence-electron chi connectivity index (χ2n) is 9.31. The van der Waals surface area contributed by atoms with Gasteiger partial charge in [0, 0.05) is 11.5 Å². The van der Waals surface area contributed by atoms with E-state index in [2.05, 4.69) is 71.9 Å². The lowest BCUT2D eigenvalue weighted by Gasteiger charge is -2.08. The van der Waals surface area contributed by atoms with E-state index in [9.17, 15) is 8.42 Å². The summed E-state index contributed by atoms with van der Waals surface area (Å²) < 4.78 is 26.9. The van der Waals surface area contributed by atoms with Gasteiger partial charge in [0.15, 0.2) is 0 Å². The minimum Gasteiger partial charge on any atom is -0.342 e. The zero-order chi connectivity index (χ0) is 24.7. The van der Waals surface area contributed by atoms with E-state index in [1.807, 2.05) is 0 Å². The predicted octanol–water partition coefficient (Wildman–Crippen LogP) is 6.97. The number of benzene rings is 3. The number of sulfone groups is 1. The first-order valence-electron chi connectivity index (χ1n) is 12.1. The van der Waals surface area contributed by atoms with Gasteiger partial charge in [-0.2, -0.15) is 0 Å². The fraction of sp³-hybridized carbons (Fsp3) is 0.286. The number of nitrogens with zero attached hydrogens (tertiary/aromatic N) is 2. The monoisotopic (exact) mass is 486 g/mol. The largest absolute Gasteiger partial charge is 0.342 e. The van der Waals surface area contributed by atoms with E-state index >= 15 is 0 Å². The number of fused-ring (bicyclic) bond motifs is 2. The summed E-state index contributed by atoms with van der Waals surface area (Å²) in [5, 5.41) is 0. The molecule has 0 saturated carbocycles. The Bertz CT molecular complexity index is 1610. The van der Waals surface area contributed by atoms with Crippen LogP contribution in [0.25, 0.3) is 33.5 Å². The molecule has 0 aliphatic carbocycles. The lowest BCUT2D eigenvalue weighted by Crippen LogP contribution is -2.01. The van der Waals surface area contributed by atoms with Gasteiger partial charge in [-0.3, -0.25) is 0 Å². The summed E-state index contributed by atoms with van der Waals surface area (Å²) >= 11 is 0. The summed E-state index contributed by atoms with van der Waals surface area (Å²) in [7, 11) is -3.71. The molecule has 0 fully saturated rings. The Labute approximate surface area is 205 Å². The molecule has 5 rings (SSSR count). The highest BCUT2D eigenvalue weighted by Crippen LogP contribution is 2.29. The number of nitrogens with one attached hydrogen (secondary N) is 2. The normalized spacial score (nSPS) is 13.9. The van der Waals surface area contributed by atoms with Gasteiger partial charge in [-0.25, -0.2) is 18.4 Å². The standard InChI is InChI=1S/C28H30N4O2S/c1-5-17(3)19-7-9-20(10-8-19)28-30-24-14-12-22(16-26(24)32-28)35(33,34)21-11-13-23-25(15-21)31-27(29-23)18(4)6-2/h7-18H,5-6H2,1-4H3,(H,29,31)(H,30,32). The number of H-pyrrole nitrogens is 2. The molecule has 0 saturated heterocycles. The van der Waals surface area contributed by atoms with Crippen molar-refractivity contribution < 1.29 is 8.42 Å². The van der Waals surface area contributed by atoms with Crippen molar-refractivity contribution in [3.8, 4) is 11.4 Å². The highest BCUT2D eigenvalue weighted by atomic mass is 32.2. The molecule has 0 bridgehead atoms. The molecule has 3 aromatic carbocycles. The molecule has 0 amide bonds. The van der Waals surface area contributed by atoms with Gasteiger partial charge in [0.1, 0.15) is 11.6 Å². The third-order valence-electron chi connectivity index (χ3n) is 6.99. The van der Waals surface area contributed by atoms with Gasteiger partial charge < -0.3 is 9.97 Å². The van der Waals surface area contributed by atoms with Crippen molar-refractivity contribution >= 4 is 31.9 Å². The van der Waals surface area contributed by atoms with Crippen molar-refractivity contribution in [1.82, 2.24) is 19.9 Å². The van der Waals surface area contributed by atoms with Crippen LogP contribution in [0.5, 0.6) is 0 Å². The molecule has 5 aromatic rings. The zero-order valence-electron chi connectivity index (χ0n) is 20.5. The third-order valence-corrected chi connectivity index (χ3v) is 8.74. The smallest absolute Gasteiger partial charge is 0.206 e. The van der Waals surface area contributed by atoms with E-state index in [1.165, 1.54) is 5.56 Å². The van der Waals surface area contributed by atoms with Crippen molar-refractivity contribution in [2.24, 2.45) is 0 Å². The summed E-state index contributed by atoms with van der Waals surface area (Å²) in [6.07, 6.45) is 2.05. The van der Waals surface area contributed by atoms with Gasteiger partial charge in [-0.05, 0) is 60.7 Å². The quantitative estimate of drug-likeness (QED) is 0.260. The Balaban J connectivity index is 1.48. The molecule has 0 spiro atoms. The van der Waals surface area contributed by atoms with Crippen LogP contribution in [0, 0.1) is 0 Å². The Morgan fingerprint density at radius 2 is 1.43 bits per heavy atom. The van der Waals surface area contributed by atoms with Crippen LogP contribution in [-0.2, 0) is 9.84 Å². The van der Waals surface area contributed by atoms with E-state index in [4.69, 9.17) is 0 Å². The predicted molar refractivity (Wildman–Crippen MR) is 140 cm³/mol. The molecular weight excluding hydrogens is 456 g/mol. The van der Waals surface area contributed by atoms with Crippen LogP contribution >= 0.6 is 0 Å². The summed E-state index contributed by atoms with van der Waals surface area (Å²) in [5.41, 5.74) is 5.18. The van der Waals surface area contributed by atoms with Gasteiger partial charge in [0.05, 0.1) is 31.9 Å². The molecule has 6 nitrogen and oxygen atoms in total. The first-order valence-corrected chi connectivity index (χ1v) is 13.6. The maximum Gasteiger partial charge on any atom is 0.206 e. The first-order chi connectivity index (χ1) is 16.8. The SMILES string of the molecule is CCC(C)c1ccc(-c2nc3ccc(S(=O)(=O)c4ccc5[nH]c(C(C)CC)nc5c4)cc3[nH]2)cc1. The second kappa shape index (κ2) is 8.96. The van der Waals surface area contributed by atoms with E-state index in [0.717, 1.165) is 41.1 Å². The second-order valence-corrected chi connectivity index (χ2v) is 11.3. The Morgan fingerprint density at radius 3 is 2.14 bits per heavy atom. The molecule has 0 aliphatic heterocycles. The Hall–Kier alpha value is -3.45. The Morgan fingerprint density at radius 1 is 0.743 bits per heavy atom. The maximum absolute atomic E-state index is 13.5. The lowest BCUT2D eigenvalue weighted by atomic mass is 9.97. The van der Waals surface area contributed by atoms with Crippen LogP contribution in [0.1, 0.15) is 63.8 Å². The van der Waals surface area contributed by atoms with Crippen LogP contribution in [-0.4, -0.2) is 28.4 Å². The molecule has 0 radical (unpaired) electrons. The highest BCUT2D eigenvalue weighted by molar-refractivity contribution is 7.91. The van der Waals surface area contributed by atoms with Crippen LogP contribution in [0.15, 0.2) is 70.5 Å². The number of aromatic amines is 2. The summed E-state index contributed by atoms with van der Waals surface area (Å²) in [6.45, 7) is 8.60. The molecule has 7 heteroatoms. The van der Waals surface area contributed by atoms with Gasteiger partial charge >= 0.3 is 0 Å². The van der Waals surface area contributed by atoms with Gasteiger partial charge in [0.2, 0.25) is 9.84 Å². The fourth-order valence-electron chi connectivity index (χ4n) is 4.23. The number of rotatable bonds is 7. The van der Waals surface area contributed by atoms with E-state index in [0.29, 0.717) is 17.0 Å². The molecule has 180 valence electrons. The minimum atomic E-state index is -3.71. The van der Waals surface area contributed by atoms with Gasteiger partial charge in [0.25, 0.3) is 0 Å². The van der Waals surface area contributed by atoms with Gasteiger partial charge in [-0.15, -0.1) is 0 Å². The molecule has 0 aliphatic rings.